The number of carboxylic acid groups (broad SMARTS) is 1. The number of aliphatic carboxylic acids is 1. The molecule has 0 aliphatic rings. The molecule has 15 nitrogen and oxygen atoms in total. The number of carbonyl (C=O) groups excluding carboxylic acids is 1. The smallest absolute Gasteiger partial charge is 0.303 e. The van der Waals surface area contributed by atoms with Gasteiger partial charge in [0.15, 0.2) is 17.2 Å². The second-order valence-electron chi connectivity index (χ2n) is 9.41. The minimum Gasteiger partial charge on any atom is -0.491 e. The summed E-state index contributed by atoms with van der Waals surface area (Å²) in [7, 11) is -8.61. The van der Waals surface area contributed by atoms with Crippen LogP contribution in [0.5, 0.6) is 17.2 Å². The first-order chi connectivity index (χ1) is 21.3. The lowest BCUT2D eigenvalue weighted by atomic mass is 9.99. The molecule has 0 saturated heterocycles. The van der Waals surface area contributed by atoms with Crippen molar-refractivity contribution in [3.05, 3.63) is 16.7 Å². The molecule has 1 aromatic rings. The summed E-state index contributed by atoms with van der Waals surface area (Å²) in [6.45, 7) is 1.34. The highest BCUT2D eigenvalue weighted by atomic mass is 32.2. The molecule has 0 bridgehead atoms. The predicted octanol–water partition coefficient (Wildman–Crippen LogP) is 0.784. The van der Waals surface area contributed by atoms with Crippen LogP contribution < -0.4 is 31.0 Å². The summed E-state index contributed by atoms with van der Waals surface area (Å²) in [4.78, 5) is 24.5. The third kappa shape index (κ3) is 15.8. The van der Waals surface area contributed by atoms with Gasteiger partial charge in [0.2, 0.25) is 0 Å². The maximum atomic E-state index is 13.7. The lowest BCUT2D eigenvalue weighted by molar-refractivity contribution is -0.137. The van der Waals surface area contributed by atoms with E-state index in [-0.39, 0.29) is 92.7 Å². The first-order valence-corrected chi connectivity index (χ1v) is 17.4. The van der Waals surface area contributed by atoms with Gasteiger partial charge in [0.25, 0.3) is 26.1 Å². The molecular formula is C28H41N3O12S2. The zero-order chi connectivity index (χ0) is 33.9. The van der Waals surface area contributed by atoms with Crippen LogP contribution in [0.25, 0.3) is 0 Å². The molecule has 0 aliphatic heterocycles. The van der Waals surface area contributed by atoms with Crippen molar-refractivity contribution < 1.29 is 54.8 Å². The Balaban J connectivity index is 3.85. The van der Waals surface area contributed by atoms with Crippen LogP contribution >= 0.6 is 0 Å². The Morgan fingerprint density at radius 2 is 1.24 bits per heavy atom. The zero-order valence-corrected chi connectivity index (χ0v) is 26.7. The normalized spacial score (nSPS) is 11.0. The molecule has 1 amide bonds. The van der Waals surface area contributed by atoms with E-state index in [0.717, 1.165) is 0 Å². The molecule has 45 heavy (non-hydrogen) atoms. The fourth-order valence-corrected chi connectivity index (χ4v) is 4.70. The molecule has 0 radical (unpaired) electrons. The van der Waals surface area contributed by atoms with Crippen LogP contribution in [0.1, 0.15) is 73.4 Å². The van der Waals surface area contributed by atoms with E-state index in [4.69, 9.17) is 39.9 Å². The number of benzene rings is 1. The largest absolute Gasteiger partial charge is 0.491 e. The highest BCUT2D eigenvalue weighted by molar-refractivity contribution is 7.86. The van der Waals surface area contributed by atoms with Gasteiger partial charge in [-0.2, -0.15) is 16.8 Å². The minimum absolute atomic E-state index is 0.0114. The summed E-state index contributed by atoms with van der Waals surface area (Å²) in [6, 6.07) is 0. The Labute approximate surface area is 263 Å². The van der Waals surface area contributed by atoms with Crippen LogP contribution in [-0.2, 0) is 25.0 Å². The molecule has 252 valence electrons. The van der Waals surface area contributed by atoms with E-state index in [1.54, 1.807) is 0 Å². The Morgan fingerprint density at radius 3 is 1.69 bits per heavy atom. The number of carboxylic acids is 1. The first kappa shape index (κ1) is 39.4. The number of carbonyl (C=O) groups is 2. The van der Waals surface area contributed by atoms with Gasteiger partial charge in [-0.15, -0.1) is 0 Å². The summed E-state index contributed by atoms with van der Waals surface area (Å²) in [5, 5.41) is 11.6. The summed E-state index contributed by atoms with van der Waals surface area (Å²) < 4.78 is 81.2. The monoisotopic (exact) mass is 675 g/mol. The molecule has 0 unspecified atom stereocenters. The Hall–Kier alpha value is -3.58. The molecule has 0 aromatic heterocycles. The van der Waals surface area contributed by atoms with Gasteiger partial charge in [0.1, 0.15) is 16.7 Å². The highest BCUT2D eigenvalue weighted by Crippen LogP contribution is 2.44. The second-order valence-corrected chi connectivity index (χ2v) is 12.6. The number of amides is 1. The molecule has 0 atom stereocenters. The lowest BCUT2D eigenvalue weighted by Gasteiger charge is -2.22. The van der Waals surface area contributed by atoms with Crippen molar-refractivity contribution in [3.63, 3.8) is 0 Å². The van der Waals surface area contributed by atoms with E-state index < -0.39 is 43.6 Å². The van der Waals surface area contributed by atoms with Crippen molar-refractivity contribution in [3.8, 4) is 40.9 Å². The van der Waals surface area contributed by atoms with Crippen molar-refractivity contribution in [1.29, 1.82) is 0 Å². The molecule has 17 heteroatoms. The minimum atomic E-state index is -4.32. The van der Waals surface area contributed by atoms with E-state index in [1.807, 2.05) is 6.92 Å². The highest BCUT2D eigenvalue weighted by Gasteiger charge is 2.30. The van der Waals surface area contributed by atoms with Crippen molar-refractivity contribution in [2.24, 2.45) is 11.5 Å². The van der Waals surface area contributed by atoms with Gasteiger partial charge in [0.05, 0.1) is 44.4 Å². The van der Waals surface area contributed by atoms with Crippen LogP contribution in [0.2, 0.25) is 0 Å². The molecule has 0 spiro atoms. The van der Waals surface area contributed by atoms with E-state index >= 15 is 0 Å². The average molecular weight is 676 g/mol. The van der Waals surface area contributed by atoms with Gasteiger partial charge >= 0.3 is 5.97 Å². The quantitative estimate of drug-likeness (QED) is 0.0635. The van der Waals surface area contributed by atoms with E-state index in [0.29, 0.717) is 25.7 Å². The van der Waals surface area contributed by atoms with E-state index in [9.17, 15) is 26.4 Å². The third-order valence-electron chi connectivity index (χ3n) is 5.61. The van der Waals surface area contributed by atoms with Crippen LogP contribution in [0.15, 0.2) is 0 Å². The van der Waals surface area contributed by atoms with Crippen LogP contribution in [0.3, 0.4) is 0 Å². The van der Waals surface area contributed by atoms with Gasteiger partial charge < -0.3 is 36.1 Å². The fraction of sp³-hybridized carbons (Fsp3) is 0.571. The van der Waals surface area contributed by atoms with Gasteiger partial charge in [-0.25, -0.2) is 0 Å². The number of nitrogens with one attached hydrogen (secondary N) is 1. The maximum Gasteiger partial charge on any atom is 0.303 e. The van der Waals surface area contributed by atoms with E-state index in [1.165, 1.54) is 0 Å². The fourth-order valence-electron chi connectivity index (χ4n) is 3.73. The molecular weight excluding hydrogens is 634 g/mol. The Bertz CT molecular complexity index is 1490. The van der Waals surface area contributed by atoms with Crippen LogP contribution in [0.4, 0.5) is 0 Å². The number of hydrogen-bond acceptors (Lipinski definition) is 11. The molecule has 0 saturated carbocycles. The van der Waals surface area contributed by atoms with E-state index in [2.05, 4.69) is 29.0 Å². The van der Waals surface area contributed by atoms with Crippen molar-refractivity contribution in [1.82, 2.24) is 5.32 Å². The Morgan fingerprint density at radius 1 is 0.756 bits per heavy atom. The predicted molar refractivity (Wildman–Crippen MR) is 166 cm³/mol. The zero-order valence-electron chi connectivity index (χ0n) is 25.1. The summed E-state index contributed by atoms with van der Waals surface area (Å²) >= 11 is 0. The number of ether oxygens (including phenoxy) is 3. The van der Waals surface area contributed by atoms with Gasteiger partial charge in [-0.1, -0.05) is 37.0 Å². The molecule has 1 aromatic carbocycles. The average Bonchev–Trinajstić information content (AvgIpc) is 2.95. The standard InChI is InChI=1S/C28H41N3O12S2/c1-2-16-41-26-21(10-6-13-29)25(42-17-8-19-44(35,36)37)22(11-7-14-30)27(43-18-9-20-45(38,39)40)24(26)28(34)31-15-5-3-4-12-23(32)33/h2-5,8-9,12-20,29-30H2,1H3,(H,31,34)(H,32,33)(H,35,36,37)(H,38,39,40). The molecule has 8 N–H and O–H groups in total. The second kappa shape index (κ2) is 20.5. The molecule has 0 aliphatic carbocycles. The first-order valence-electron chi connectivity index (χ1n) is 14.2. The summed E-state index contributed by atoms with van der Waals surface area (Å²) in [5.41, 5.74) is 11.1. The summed E-state index contributed by atoms with van der Waals surface area (Å²) in [5.74, 6) is 7.86. The Kier molecular flexibility index (Phi) is 17.9. The SMILES string of the molecule is CCCOc1c(C#CCN)c(OCCCS(=O)(=O)O)c(C#CCN)c(OCCCS(=O)(=O)O)c1C(=O)NCCCCCC(=O)O. The topological polar surface area (TPSA) is 255 Å². The lowest BCUT2D eigenvalue weighted by Crippen LogP contribution is -2.27. The number of hydrogen-bond donors (Lipinski definition) is 6. The number of rotatable bonds is 20. The van der Waals surface area contributed by atoms with Crippen LogP contribution in [0, 0.1) is 23.7 Å². The van der Waals surface area contributed by atoms with Crippen molar-refractivity contribution in [2.45, 2.75) is 51.9 Å². The third-order valence-corrected chi connectivity index (χ3v) is 7.22. The van der Waals surface area contributed by atoms with Gasteiger partial charge in [0, 0.05) is 13.0 Å². The van der Waals surface area contributed by atoms with Gasteiger partial charge in [-0.3, -0.25) is 18.7 Å². The van der Waals surface area contributed by atoms with Crippen molar-refractivity contribution >= 4 is 32.1 Å². The van der Waals surface area contributed by atoms with Gasteiger partial charge in [-0.05, 0) is 32.1 Å². The molecule has 1 rings (SSSR count). The summed E-state index contributed by atoms with van der Waals surface area (Å²) in [6.07, 6.45) is 1.61. The van der Waals surface area contributed by atoms with Crippen molar-refractivity contribution in [2.75, 3.05) is 51.0 Å². The molecule has 0 fully saturated rings. The molecule has 0 heterocycles. The maximum absolute atomic E-state index is 13.7. The van der Waals surface area contributed by atoms with Crippen LogP contribution in [-0.4, -0.2) is 93.9 Å². The number of nitrogens with two attached hydrogens (primary N) is 2. The number of unbranched alkanes of at least 4 members (excludes halogenated alkanes) is 2.